The van der Waals surface area contributed by atoms with Crippen molar-refractivity contribution in [3.63, 3.8) is 0 Å². The third-order valence-corrected chi connectivity index (χ3v) is 4.86. The van der Waals surface area contributed by atoms with Crippen molar-refractivity contribution in [1.82, 2.24) is 15.2 Å². The van der Waals surface area contributed by atoms with Gasteiger partial charge in [0.05, 0.1) is 15.9 Å². The van der Waals surface area contributed by atoms with Crippen LogP contribution < -0.4 is 0 Å². The number of thiophene rings is 1. The van der Waals surface area contributed by atoms with E-state index in [2.05, 4.69) is 15.2 Å². The fraction of sp³-hybridized carbons (Fsp3) is 0.143. The van der Waals surface area contributed by atoms with Gasteiger partial charge < -0.3 is 5.11 Å². The fourth-order valence-corrected chi connectivity index (χ4v) is 3.36. The number of benzene rings is 1. The number of nitro groups is 1. The van der Waals surface area contributed by atoms with E-state index in [1.54, 1.807) is 23.5 Å². The van der Waals surface area contributed by atoms with Crippen molar-refractivity contribution in [3.8, 4) is 10.7 Å². The van der Waals surface area contributed by atoms with E-state index in [4.69, 9.17) is 0 Å². The van der Waals surface area contributed by atoms with Gasteiger partial charge in [0.25, 0.3) is 5.69 Å². The van der Waals surface area contributed by atoms with Crippen LogP contribution in [0.25, 0.3) is 10.7 Å². The molecule has 0 aliphatic rings. The van der Waals surface area contributed by atoms with Gasteiger partial charge in [-0.15, -0.1) is 16.4 Å². The Kier molecular flexibility index (Phi) is 4.70. The predicted octanol–water partition coefficient (Wildman–Crippen LogP) is 3.27. The van der Waals surface area contributed by atoms with Crippen molar-refractivity contribution in [2.75, 3.05) is 5.75 Å². The van der Waals surface area contributed by atoms with Crippen LogP contribution in [0.4, 0.5) is 5.69 Å². The van der Waals surface area contributed by atoms with E-state index in [0.29, 0.717) is 22.3 Å². The minimum absolute atomic E-state index is 0.0376. The topological polar surface area (TPSA) is 105 Å². The van der Waals surface area contributed by atoms with Crippen molar-refractivity contribution < 1.29 is 10.0 Å². The van der Waals surface area contributed by atoms with Crippen molar-refractivity contribution >= 4 is 28.8 Å². The normalized spacial score (nSPS) is 12.2. The van der Waals surface area contributed by atoms with Gasteiger partial charge in [-0.25, -0.2) is 4.98 Å². The average molecular weight is 348 g/mol. The summed E-state index contributed by atoms with van der Waals surface area (Å²) in [4.78, 5) is 15.6. The molecule has 0 saturated carbocycles. The van der Waals surface area contributed by atoms with Crippen LogP contribution in [0.3, 0.4) is 0 Å². The molecule has 9 heteroatoms. The molecule has 0 spiro atoms. The van der Waals surface area contributed by atoms with Gasteiger partial charge in [-0.3, -0.25) is 15.2 Å². The van der Waals surface area contributed by atoms with Crippen molar-refractivity contribution in [2.24, 2.45) is 0 Å². The van der Waals surface area contributed by atoms with Gasteiger partial charge in [0.1, 0.15) is 0 Å². The number of hydrogen-bond donors (Lipinski definition) is 2. The first-order chi connectivity index (χ1) is 11.1. The monoisotopic (exact) mass is 348 g/mol. The Bertz CT molecular complexity index is 804. The maximum atomic E-state index is 10.8. The van der Waals surface area contributed by atoms with Crippen molar-refractivity contribution in [3.05, 3.63) is 57.5 Å². The molecule has 0 aliphatic carbocycles. The number of aromatic amines is 1. The van der Waals surface area contributed by atoms with E-state index in [1.165, 1.54) is 23.9 Å². The standard InChI is InChI=1S/C14H12N4O3S2/c19-11(9-3-1-4-10(7-9)18(20)21)8-23-14-15-13(16-17-14)12-5-2-6-22-12/h1-7,11,19H,8H2,(H,15,16,17)/t11-/m1/s1. The van der Waals surface area contributed by atoms with Gasteiger partial charge in [-0.2, -0.15) is 0 Å². The molecular formula is C14H12N4O3S2. The minimum Gasteiger partial charge on any atom is -0.388 e. The van der Waals surface area contributed by atoms with Crippen LogP contribution in [0.2, 0.25) is 0 Å². The quantitative estimate of drug-likeness (QED) is 0.402. The van der Waals surface area contributed by atoms with Gasteiger partial charge in [-0.1, -0.05) is 30.0 Å². The molecule has 0 fully saturated rings. The lowest BCUT2D eigenvalue weighted by Crippen LogP contribution is -2.01. The second-order valence-corrected chi connectivity index (χ2v) is 6.56. The van der Waals surface area contributed by atoms with Crippen LogP contribution in [-0.2, 0) is 0 Å². The Balaban J connectivity index is 1.64. The van der Waals surface area contributed by atoms with E-state index in [0.717, 1.165) is 4.88 Å². The highest BCUT2D eigenvalue weighted by molar-refractivity contribution is 7.99. The van der Waals surface area contributed by atoms with E-state index >= 15 is 0 Å². The summed E-state index contributed by atoms with van der Waals surface area (Å²) >= 11 is 2.85. The summed E-state index contributed by atoms with van der Waals surface area (Å²) in [6, 6.07) is 9.86. The summed E-state index contributed by atoms with van der Waals surface area (Å²) in [6.07, 6.45) is -0.830. The summed E-state index contributed by atoms with van der Waals surface area (Å²) in [7, 11) is 0. The number of nitrogens with one attached hydrogen (secondary N) is 1. The first-order valence-electron chi connectivity index (χ1n) is 6.65. The van der Waals surface area contributed by atoms with Crippen LogP contribution in [0.15, 0.2) is 46.9 Å². The number of aromatic nitrogens is 3. The first-order valence-corrected chi connectivity index (χ1v) is 8.51. The Hall–Kier alpha value is -2.23. The zero-order chi connectivity index (χ0) is 16.2. The number of aliphatic hydroxyl groups is 1. The second kappa shape index (κ2) is 6.90. The highest BCUT2D eigenvalue weighted by Gasteiger charge is 2.14. The Labute approximate surface area is 139 Å². The van der Waals surface area contributed by atoms with Crippen LogP contribution in [0.5, 0.6) is 0 Å². The molecule has 1 aromatic carbocycles. The molecule has 0 unspecified atom stereocenters. The minimum atomic E-state index is -0.830. The number of aliphatic hydroxyl groups excluding tert-OH is 1. The summed E-state index contributed by atoms with van der Waals surface area (Å²) in [6.45, 7) is 0. The van der Waals surface area contributed by atoms with Gasteiger partial charge in [0.15, 0.2) is 5.82 Å². The molecular weight excluding hydrogens is 336 g/mol. The molecule has 7 nitrogen and oxygen atoms in total. The molecule has 1 atom stereocenters. The molecule has 2 N–H and O–H groups in total. The van der Waals surface area contributed by atoms with Gasteiger partial charge in [-0.05, 0) is 17.0 Å². The highest BCUT2D eigenvalue weighted by atomic mass is 32.2. The van der Waals surface area contributed by atoms with E-state index < -0.39 is 11.0 Å². The lowest BCUT2D eigenvalue weighted by atomic mass is 10.1. The zero-order valence-corrected chi connectivity index (χ0v) is 13.4. The van der Waals surface area contributed by atoms with Crippen LogP contribution in [-0.4, -0.2) is 31.0 Å². The number of nitrogens with zero attached hydrogens (tertiary/aromatic N) is 3. The van der Waals surface area contributed by atoms with Crippen LogP contribution >= 0.6 is 23.1 Å². The summed E-state index contributed by atoms with van der Waals surface area (Å²) < 4.78 is 0. The number of nitro benzene ring substituents is 1. The molecule has 0 amide bonds. The number of rotatable bonds is 6. The zero-order valence-electron chi connectivity index (χ0n) is 11.7. The number of hydrogen-bond acceptors (Lipinski definition) is 7. The predicted molar refractivity (Wildman–Crippen MR) is 88.5 cm³/mol. The molecule has 3 aromatic rings. The van der Waals surface area contributed by atoms with Gasteiger partial charge >= 0.3 is 0 Å². The fourth-order valence-electron chi connectivity index (χ4n) is 1.93. The lowest BCUT2D eigenvalue weighted by molar-refractivity contribution is -0.385. The Morgan fingerprint density at radius 1 is 1.39 bits per heavy atom. The largest absolute Gasteiger partial charge is 0.388 e. The average Bonchev–Trinajstić information content (AvgIpc) is 3.23. The molecule has 0 saturated heterocycles. The molecule has 118 valence electrons. The molecule has 3 rings (SSSR count). The maximum absolute atomic E-state index is 10.8. The Morgan fingerprint density at radius 2 is 2.26 bits per heavy atom. The highest BCUT2D eigenvalue weighted by Crippen LogP contribution is 2.27. The third kappa shape index (κ3) is 3.76. The summed E-state index contributed by atoms with van der Waals surface area (Å²) in [5, 5.41) is 30.4. The number of thioether (sulfide) groups is 1. The SMILES string of the molecule is O=[N+]([O-])c1cccc([C@H](O)CSc2n[nH]c(-c3cccs3)n2)c1. The van der Waals surface area contributed by atoms with Gasteiger partial charge in [0, 0.05) is 17.9 Å². The molecule has 2 heterocycles. The summed E-state index contributed by atoms with van der Waals surface area (Å²) in [5.74, 6) is 0.996. The molecule has 0 bridgehead atoms. The number of non-ortho nitro benzene ring substituents is 1. The number of H-pyrrole nitrogens is 1. The van der Waals surface area contributed by atoms with Crippen molar-refractivity contribution in [1.29, 1.82) is 0 Å². The molecule has 0 radical (unpaired) electrons. The van der Waals surface area contributed by atoms with Crippen LogP contribution in [0, 0.1) is 10.1 Å². The summed E-state index contributed by atoms with van der Waals surface area (Å²) in [5.41, 5.74) is 0.463. The Morgan fingerprint density at radius 3 is 3.00 bits per heavy atom. The second-order valence-electron chi connectivity index (χ2n) is 4.62. The molecule has 23 heavy (non-hydrogen) atoms. The van der Waals surface area contributed by atoms with E-state index in [9.17, 15) is 15.2 Å². The lowest BCUT2D eigenvalue weighted by Gasteiger charge is -2.08. The van der Waals surface area contributed by atoms with Crippen molar-refractivity contribution in [2.45, 2.75) is 11.3 Å². The third-order valence-electron chi connectivity index (χ3n) is 3.06. The maximum Gasteiger partial charge on any atom is 0.269 e. The molecule has 0 aliphatic heterocycles. The van der Waals surface area contributed by atoms with Gasteiger partial charge in [0.2, 0.25) is 5.16 Å². The van der Waals surface area contributed by atoms with E-state index in [1.807, 2.05) is 17.5 Å². The molecule has 2 aromatic heterocycles. The van der Waals surface area contributed by atoms with E-state index in [-0.39, 0.29) is 5.69 Å². The first kappa shape index (κ1) is 15.7. The smallest absolute Gasteiger partial charge is 0.269 e. The van der Waals surface area contributed by atoms with Crippen LogP contribution in [0.1, 0.15) is 11.7 Å².